The Labute approximate surface area is 245 Å². The van der Waals surface area contributed by atoms with Crippen molar-refractivity contribution in [3.8, 4) is 0 Å². The highest BCUT2D eigenvalue weighted by Gasteiger charge is 2.39. The molecule has 2 aliphatic heterocycles. The van der Waals surface area contributed by atoms with Crippen molar-refractivity contribution in [2.75, 3.05) is 49.1 Å². The van der Waals surface area contributed by atoms with Gasteiger partial charge < -0.3 is 20.3 Å². The van der Waals surface area contributed by atoms with Crippen LogP contribution in [0.2, 0.25) is 0 Å². The molecule has 13 heteroatoms. The second kappa shape index (κ2) is 12.3. The third kappa shape index (κ3) is 7.04. The minimum atomic E-state index is -0.769. The number of nitrogens with one attached hydrogen (secondary N) is 2. The van der Waals surface area contributed by atoms with Crippen LogP contribution >= 0.6 is 47.8 Å². The number of nitrogens with zero attached hydrogens (tertiary/aromatic N) is 3. The summed E-state index contributed by atoms with van der Waals surface area (Å²) in [6.07, 6.45) is -1.51. The number of alkyl halides is 3. The van der Waals surface area contributed by atoms with Crippen LogP contribution < -0.4 is 20.4 Å². The second-order valence-corrected chi connectivity index (χ2v) is 15.9. The van der Waals surface area contributed by atoms with Crippen LogP contribution in [-0.4, -0.2) is 76.5 Å². The highest BCUT2D eigenvalue weighted by molar-refractivity contribution is 9.39. The summed E-state index contributed by atoms with van der Waals surface area (Å²) in [5.41, 5.74) is 1.38. The molecule has 0 aliphatic carbocycles. The van der Waals surface area contributed by atoms with E-state index in [-0.39, 0.29) is 24.9 Å². The molecule has 2 atom stereocenters. The third-order valence-corrected chi connectivity index (χ3v) is 7.63. The summed E-state index contributed by atoms with van der Waals surface area (Å²) in [5, 5.41) is 5.68. The monoisotopic (exact) mass is 717 g/mol. The molecule has 2 aliphatic rings. The van der Waals surface area contributed by atoms with Gasteiger partial charge in [0.1, 0.15) is 18.1 Å². The quantitative estimate of drug-likeness (QED) is 0.421. The van der Waals surface area contributed by atoms with Crippen molar-refractivity contribution in [2.24, 2.45) is 0 Å². The first kappa shape index (κ1) is 28.8. The third-order valence-electron chi connectivity index (χ3n) is 6.33. The maximum absolute atomic E-state index is 15.2. The molecule has 0 aromatic heterocycles. The zero-order valence-corrected chi connectivity index (χ0v) is 25.3. The van der Waals surface area contributed by atoms with Gasteiger partial charge in [0.2, 0.25) is 5.91 Å². The number of piperazine rings is 1. The van der Waals surface area contributed by atoms with Gasteiger partial charge in [0.15, 0.2) is 2.14 Å². The Balaban J connectivity index is 1.38. The summed E-state index contributed by atoms with van der Waals surface area (Å²) in [7, 11) is 0. The van der Waals surface area contributed by atoms with Crippen LogP contribution in [0.25, 0.3) is 0 Å². The van der Waals surface area contributed by atoms with Gasteiger partial charge in [-0.05, 0) is 30.3 Å². The molecule has 204 valence electrons. The van der Waals surface area contributed by atoms with E-state index in [1.807, 2.05) is 23.1 Å². The summed E-state index contributed by atoms with van der Waals surface area (Å²) in [5.74, 6) is -0.866. The van der Waals surface area contributed by atoms with Gasteiger partial charge in [-0.3, -0.25) is 19.4 Å². The van der Waals surface area contributed by atoms with Crippen LogP contribution in [0.1, 0.15) is 17.3 Å². The molecule has 4 rings (SSSR count). The average molecular weight is 720 g/mol. The standard InChI is InChI=1S/C25H27Br3FN5O4/c1-16(35)30-14-19-15-34(24(37)38-19)18-7-8-21(20(29)13-18)32-9-11-33(12-10-32)23(25(26,27)28)31-22(36)17-5-3-2-4-6-17/h2-8,13,19,23H,9-12,14-15H2,1H3,(H,30,35)(H,31,36). The Morgan fingerprint density at radius 1 is 1.11 bits per heavy atom. The maximum Gasteiger partial charge on any atom is 0.414 e. The molecule has 2 saturated heterocycles. The highest BCUT2D eigenvalue weighted by Crippen LogP contribution is 2.39. The van der Waals surface area contributed by atoms with E-state index >= 15 is 4.39 Å². The lowest BCUT2D eigenvalue weighted by Gasteiger charge is -2.43. The normalized spacial score (nSPS) is 19.2. The number of carbonyl (C=O) groups excluding carboxylic acids is 3. The molecule has 2 N–H and O–H groups in total. The minimum Gasteiger partial charge on any atom is -0.442 e. The van der Waals surface area contributed by atoms with Crippen LogP contribution in [0.5, 0.6) is 0 Å². The number of anilines is 2. The predicted octanol–water partition coefficient (Wildman–Crippen LogP) is 4.00. The number of amides is 3. The number of hydrogen-bond acceptors (Lipinski definition) is 6. The van der Waals surface area contributed by atoms with Gasteiger partial charge >= 0.3 is 6.09 Å². The summed E-state index contributed by atoms with van der Waals surface area (Å²) in [6, 6.07) is 13.6. The van der Waals surface area contributed by atoms with Crippen molar-refractivity contribution in [2.45, 2.75) is 21.3 Å². The first-order chi connectivity index (χ1) is 18.0. The van der Waals surface area contributed by atoms with Crippen LogP contribution in [0.3, 0.4) is 0 Å². The fourth-order valence-corrected chi connectivity index (χ4v) is 5.63. The predicted molar refractivity (Wildman–Crippen MR) is 154 cm³/mol. The molecule has 2 heterocycles. The van der Waals surface area contributed by atoms with Crippen molar-refractivity contribution in [3.63, 3.8) is 0 Å². The zero-order chi connectivity index (χ0) is 27.4. The Bertz CT molecular complexity index is 1180. The molecule has 2 aromatic rings. The van der Waals surface area contributed by atoms with Crippen LogP contribution in [0.15, 0.2) is 48.5 Å². The molecule has 0 radical (unpaired) electrons. The summed E-state index contributed by atoms with van der Waals surface area (Å²) >= 11 is 10.7. The van der Waals surface area contributed by atoms with E-state index in [2.05, 4.69) is 63.3 Å². The molecule has 38 heavy (non-hydrogen) atoms. The summed E-state index contributed by atoms with van der Waals surface area (Å²) in [6.45, 7) is 4.00. The molecule has 3 amide bonds. The van der Waals surface area contributed by atoms with Gasteiger partial charge in [0.05, 0.1) is 24.5 Å². The molecule has 2 unspecified atom stereocenters. The van der Waals surface area contributed by atoms with Crippen LogP contribution in [-0.2, 0) is 9.53 Å². The number of carbonyl (C=O) groups is 3. The molecule has 0 saturated carbocycles. The van der Waals surface area contributed by atoms with E-state index in [0.29, 0.717) is 43.1 Å². The molecule has 2 aromatic carbocycles. The fourth-order valence-electron chi connectivity index (χ4n) is 4.41. The average Bonchev–Trinajstić information content (AvgIpc) is 3.26. The molecule has 0 spiro atoms. The number of halogens is 4. The van der Waals surface area contributed by atoms with Gasteiger partial charge in [-0.15, -0.1) is 0 Å². The van der Waals surface area contributed by atoms with Gasteiger partial charge in [-0.25, -0.2) is 9.18 Å². The number of hydrogen-bond donors (Lipinski definition) is 2. The van der Waals surface area contributed by atoms with E-state index in [0.717, 1.165) is 0 Å². The Kier molecular flexibility index (Phi) is 9.32. The molecule has 0 bridgehead atoms. The largest absolute Gasteiger partial charge is 0.442 e. The molecule has 2 fully saturated rings. The van der Waals surface area contributed by atoms with Gasteiger partial charge in [-0.1, -0.05) is 66.0 Å². The Morgan fingerprint density at radius 2 is 1.79 bits per heavy atom. The van der Waals surface area contributed by atoms with E-state index in [1.165, 1.54) is 17.9 Å². The van der Waals surface area contributed by atoms with E-state index in [1.54, 1.807) is 24.3 Å². The Hall–Kier alpha value is -2.22. The van der Waals surface area contributed by atoms with Crippen molar-refractivity contribution < 1.29 is 23.5 Å². The van der Waals surface area contributed by atoms with Crippen molar-refractivity contribution in [3.05, 3.63) is 59.9 Å². The molecular formula is C25H27Br3FN5O4. The topological polar surface area (TPSA) is 94.2 Å². The zero-order valence-electron chi connectivity index (χ0n) is 20.5. The number of cyclic esters (lactones) is 1. The van der Waals surface area contributed by atoms with Crippen molar-refractivity contribution >= 4 is 77.1 Å². The Morgan fingerprint density at radius 3 is 2.39 bits per heavy atom. The number of ether oxygens (including phenoxy) is 1. The number of rotatable bonds is 7. The van der Waals surface area contributed by atoms with Gasteiger partial charge in [0, 0.05) is 38.7 Å². The minimum absolute atomic E-state index is 0.202. The van der Waals surface area contributed by atoms with Gasteiger partial charge in [0.25, 0.3) is 5.91 Å². The summed E-state index contributed by atoms with van der Waals surface area (Å²) in [4.78, 5) is 41.6. The van der Waals surface area contributed by atoms with E-state index in [9.17, 15) is 14.4 Å². The lowest BCUT2D eigenvalue weighted by atomic mass is 10.2. The first-order valence-corrected chi connectivity index (χ1v) is 14.3. The van der Waals surface area contributed by atoms with Crippen molar-refractivity contribution in [1.29, 1.82) is 0 Å². The number of benzene rings is 2. The fraction of sp³-hybridized carbons (Fsp3) is 0.400. The van der Waals surface area contributed by atoms with Crippen LogP contribution in [0.4, 0.5) is 20.6 Å². The smallest absolute Gasteiger partial charge is 0.414 e. The van der Waals surface area contributed by atoms with Crippen molar-refractivity contribution in [1.82, 2.24) is 15.5 Å². The molecule has 9 nitrogen and oxygen atoms in total. The van der Waals surface area contributed by atoms with E-state index < -0.39 is 26.3 Å². The first-order valence-electron chi connectivity index (χ1n) is 12.0. The molecular weight excluding hydrogens is 693 g/mol. The van der Waals surface area contributed by atoms with E-state index in [4.69, 9.17) is 4.74 Å². The highest BCUT2D eigenvalue weighted by atomic mass is 80.0. The summed E-state index contributed by atoms with van der Waals surface area (Å²) < 4.78 is 19.7. The van der Waals surface area contributed by atoms with Crippen LogP contribution in [0, 0.1) is 5.82 Å². The second-order valence-electron chi connectivity index (χ2n) is 9.00. The lowest BCUT2D eigenvalue weighted by Crippen LogP contribution is -2.60. The maximum atomic E-state index is 15.2. The SMILES string of the molecule is CC(=O)NCC1CN(c2ccc(N3CCN(C(NC(=O)c4ccccc4)C(Br)(Br)Br)CC3)c(F)c2)C(=O)O1. The van der Waals surface area contributed by atoms with Gasteiger partial charge in [-0.2, -0.15) is 0 Å². The lowest BCUT2D eigenvalue weighted by molar-refractivity contribution is -0.119.